The summed E-state index contributed by atoms with van der Waals surface area (Å²) in [5.74, 6) is -0.238. The van der Waals surface area contributed by atoms with E-state index in [1.165, 1.54) is 16.7 Å². The monoisotopic (exact) mass is 454 g/mol. The summed E-state index contributed by atoms with van der Waals surface area (Å²) in [7, 11) is 0. The van der Waals surface area contributed by atoms with Gasteiger partial charge < -0.3 is 10.2 Å². The molecule has 0 heterocycles. The van der Waals surface area contributed by atoms with Gasteiger partial charge in [-0.1, -0.05) is 58.4 Å². The van der Waals surface area contributed by atoms with E-state index in [0.29, 0.717) is 5.92 Å². The summed E-state index contributed by atoms with van der Waals surface area (Å²) in [5.41, 5.74) is 4.32. The molecule has 0 aromatic heterocycles. The van der Waals surface area contributed by atoms with Crippen LogP contribution in [-0.4, -0.2) is 22.3 Å². The van der Waals surface area contributed by atoms with Gasteiger partial charge in [0.25, 0.3) is 0 Å². The molecule has 0 bridgehead atoms. The lowest BCUT2D eigenvalue weighted by atomic mass is 9.44. The van der Waals surface area contributed by atoms with Crippen LogP contribution in [0.4, 0.5) is 0 Å². The third-order valence-corrected chi connectivity index (χ3v) is 11.1. The molecule has 7 atom stereocenters. The van der Waals surface area contributed by atoms with Crippen LogP contribution in [0.3, 0.4) is 0 Å². The van der Waals surface area contributed by atoms with E-state index >= 15 is 0 Å². The van der Waals surface area contributed by atoms with Crippen LogP contribution in [0.15, 0.2) is 34.9 Å². The van der Waals surface area contributed by atoms with E-state index in [9.17, 15) is 15.0 Å². The van der Waals surface area contributed by atoms with Crippen LogP contribution >= 0.6 is 0 Å². The second-order valence-corrected chi connectivity index (χ2v) is 13.2. The van der Waals surface area contributed by atoms with E-state index < -0.39 is 5.97 Å². The van der Waals surface area contributed by atoms with Gasteiger partial charge in [-0.2, -0.15) is 0 Å². The van der Waals surface area contributed by atoms with Gasteiger partial charge in [0.1, 0.15) is 0 Å². The molecule has 0 amide bonds. The van der Waals surface area contributed by atoms with Crippen molar-refractivity contribution >= 4 is 5.97 Å². The Labute approximate surface area is 201 Å². The van der Waals surface area contributed by atoms with Gasteiger partial charge in [-0.25, -0.2) is 0 Å². The Bertz CT molecular complexity index is 904. The Balaban J connectivity index is 1.70. The highest BCUT2D eigenvalue weighted by Crippen LogP contribution is 2.71. The minimum atomic E-state index is -0.616. The third kappa shape index (κ3) is 3.51. The second kappa shape index (κ2) is 8.11. The minimum Gasteiger partial charge on any atom is -0.481 e. The first-order chi connectivity index (χ1) is 15.3. The number of carboxylic acid groups (broad SMARTS) is 1. The molecule has 184 valence electrons. The van der Waals surface area contributed by atoms with Gasteiger partial charge in [-0.3, -0.25) is 4.79 Å². The van der Waals surface area contributed by atoms with Crippen molar-refractivity contribution in [3.63, 3.8) is 0 Å². The summed E-state index contributed by atoms with van der Waals surface area (Å²) in [6.45, 7) is 16.0. The number of hydrogen-bond donors (Lipinski definition) is 2. The van der Waals surface area contributed by atoms with Crippen molar-refractivity contribution in [1.29, 1.82) is 0 Å². The van der Waals surface area contributed by atoms with Crippen LogP contribution in [0.5, 0.6) is 0 Å². The van der Waals surface area contributed by atoms with Crippen molar-refractivity contribution in [2.24, 2.45) is 39.4 Å². The van der Waals surface area contributed by atoms with Crippen molar-refractivity contribution in [2.75, 3.05) is 0 Å². The number of aliphatic hydroxyl groups excluding tert-OH is 1. The number of aliphatic hydroxyl groups is 1. The quantitative estimate of drug-likeness (QED) is 0.428. The van der Waals surface area contributed by atoms with Crippen LogP contribution in [0.1, 0.15) is 99.8 Å². The predicted octanol–water partition coefficient (Wildman–Crippen LogP) is 7.32. The summed E-state index contributed by atoms with van der Waals surface area (Å²) in [4.78, 5) is 12.4. The van der Waals surface area contributed by atoms with Gasteiger partial charge in [0.15, 0.2) is 0 Å². The lowest BCUT2D eigenvalue weighted by Crippen LogP contribution is -2.54. The molecular weight excluding hydrogens is 408 g/mol. The molecule has 0 aliphatic heterocycles. The first-order valence-corrected chi connectivity index (χ1v) is 13.2. The van der Waals surface area contributed by atoms with Crippen LogP contribution in [0.25, 0.3) is 0 Å². The molecule has 4 rings (SSSR count). The first-order valence-electron chi connectivity index (χ1n) is 13.2. The minimum absolute atomic E-state index is 0.0245. The van der Waals surface area contributed by atoms with E-state index in [0.717, 1.165) is 51.4 Å². The fraction of sp³-hybridized carbons (Fsp3) is 0.767. The zero-order valence-electron chi connectivity index (χ0n) is 22.0. The van der Waals surface area contributed by atoms with Gasteiger partial charge in [0.2, 0.25) is 0 Å². The number of hydrogen-bond acceptors (Lipinski definition) is 2. The molecule has 0 aromatic carbocycles. The fourth-order valence-corrected chi connectivity index (χ4v) is 8.73. The highest BCUT2D eigenvalue weighted by atomic mass is 16.4. The predicted molar refractivity (Wildman–Crippen MR) is 135 cm³/mol. The number of carboxylic acids is 1. The molecular formula is C30H46O3. The maximum atomic E-state index is 12.4. The molecule has 0 spiro atoms. The summed E-state index contributed by atoms with van der Waals surface area (Å²) < 4.78 is 0. The van der Waals surface area contributed by atoms with Gasteiger partial charge in [0.05, 0.1) is 12.0 Å². The summed E-state index contributed by atoms with van der Waals surface area (Å²) in [6.07, 6.45) is 14.5. The summed E-state index contributed by atoms with van der Waals surface area (Å²) >= 11 is 0. The Morgan fingerprint density at radius 3 is 2.42 bits per heavy atom. The average molecular weight is 455 g/mol. The van der Waals surface area contributed by atoms with Gasteiger partial charge in [0, 0.05) is 0 Å². The van der Waals surface area contributed by atoms with Crippen molar-refractivity contribution in [2.45, 2.75) is 106 Å². The number of fused-ring (bicyclic) bond motifs is 5. The fourth-order valence-electron chi connectivity index (χ4n) is 8.73. The van der Waals surface area contributed by atoms with Gasteiger partial charge >= 0.3 is 5.97 Å². The number of allylic oxidation sites excluding steroid dienone is 6. The molecule has 3 heteroatoms. The molecule has 2 saturated carbocycles. The highest BCUT2D eigenvalue weighted by Gasteiger charge is 2.63. The standard InChI is InChI=1S/C30H46O3/c1-19(2)9-8-10-20(26(32)33)21-13-17-30(7)23-11-12-24-27(3,4)25(31)15-16-28(24,5)22(23)14-18-29(21,30)6/h9,11,14,20-21,24-25,31H,8,10,12-13,15-18H2,1-7H3,(H,32,33)/t20?,21?,24?,25-,28+,29+,30-/m0/s1. The van der Waals surface area contributed by atoms with Crippen LogP contribution in [0.2, 0.25) is 0 Å². The zero-order chi connectivity index (χ0) is 24.4. The molecule has 3 unspecified atom stereocenters. The van der Waals surface area contributed by atoms with Crippen LogP contribution < -0.4 is 0 Å². The lowest BCUT2D eigenvalue weighted by Gasteiger charge is -2.61. The Hall–Kier alpha value is -1.35. The molecule has 0 radical (unpaired) electrons. The maximum absolute atomic E-state index is 12.4. The number of rotatable bonds is 5. The van der Waals surface area contributed by atoms with Crippen molar-refractivity contribution in [3.8, 4) is 0 Å². The Morgan fingerprint density at radius 1 is 1.09 bits per heavy atom. The molecule has 2 N–H and O–H groups in total. The Morgan fingerprint density at radius 2 is 1.79 bits per heavy atom. The van der Waals surface area contributed by atoms with E-state index in [-0.39, 0.29) is 39.6 Å². The molecule has 0 saturated heterocycles. The largest absolute Gasteiger partial charge is 0.481 e. The van der Waals surface area contributed by atoms with Crippen molar-refractivity contribution < 1.29 is 15.0 Å². The molecule has 33 heavy (non-hydrogen) atoms. The van der Waals surface area contributed by atoms with E-state index in [4.69, 9.17) is 0 Å². The zero-order valence-corrected chi connectivity index (χ0v) is 22.0. The smallest absolute Gasteiger partial charge is 0.306 e. The summed E-state index contributed by atoms with van der Waals surface area (Å²) in [6, 6.07) is 0. The first kappa shape index (κ1) is 24.8. The summed E-state index contributed by atoms with van der Waals surface area (Å²) in [5, 5.41) is 21.0. The van der Waals surface area contributed by atoms with Crippen molar-refractivity contribution in [1.82, 2.24) is 0 Å². The van der Waals surface area contributed by atoms with Crippen molar-refractivity contribution in [3.05, 3.63) is 34.9 Å². The second-order valence-electron chi connectivity index (χ2n) is 13.2. The van der Waals surface area contributed by atoms with E-state index in [1.807, 2.05) is 0 Å². The van der Waals surface area contributed by atoms with E-state index in [2.05, 4.69) is 66.7 Å². The lowest BCUT2D eigenvalue weighted by molar-refractivity contribution is -0.146. The topological polar surface area (TPSA) is 57.5 Å². The number of aliphatic carboxylic acids is 1. The van der Waals surface area contributed by atoms with Crippen LogP contribution in [0, 0.1) is 39.4 Å². The average Bonchev–Trinajstić information content (AvgIpc) is 3.00. The van der Waals surface area contributed by atoms with Gasteiger partial charge in [-0.05, 0) is 110 Å². The normalized spacial score (nSPS) is 42.2. The van der Waals surface area contributed by atoms with Gasteiger partial charge in [-0.15, -0.1) is 0 Å². The molecule has 3 nitrogen and oxygen atoms in total. The Kier molecular flexibility index (Phi) is 6.08. The van der Waals surface area contributed by atoms with E-state index in [1.54, 1.807) is 0 Å². The number of carbonyl (C=O) groups is 1. The highest BCUT2D eigenvalue weighted by molar-refractivity contribution is 5.71. The molecule has 2 fully saturated rings. The maximum Gasteiger partial charge on any atom is 0.306 e. The third-order valence-electron chi connectivity index (χ3n) is 11.1. The SMILES string of the molecule is CC(C)=CCCC(C(=O)O)C1CC[C@@]2(C)C3=CCC4C(C)(C)[C@@H](O)CC[C@]4(C)C3=CC[C@]12C. The molecule has 4 aliphatic rings. The van der Waals surface area contributed by atoms with Crippen LogP contribution in [-0.2, 0) is 4.79 Å². The molecule has 0 aromatic rings. The molecule has 4 aliphatic carbocycles.